The van der Waals surface area contributed by atoms with Crippen LogP contribution in [0.25, 0.3) is 11.0 Å². The standard InChI is InChI=1S/C23H20FN5O4S/c24-15-8-26-16-2-4-20(31)29-9-12(21(15)22(16)29)6-25-7-14-10-28(23(32)33-14)13-1-3-18-17(5-13)27-19(30)11-34-18/h1-5,8,12,14,25H,6-7,9-11H2,(H,27,30)/t12-,14+/m0/s1. The van der Waals surface area contributed by atoms with Crippen molar-refractivity contribution in [2.75, 3.05) is 35.6 Å². The maximum absolute atomic E-state index is 14.6. The number of hydrogen-bond donors (Lipinski definition) is 2. The lowest BCUT2D eigenvalue weighted by Crippen LogP contribution is -2.33. The Balaban J connectivity index is 1.12. The first-order valence-corrected chi connectivity index (χ1v) is 11.9. The molecule has 6 rings (SSSR count). The van der Waals surface area contributed by atoms with Gasteiger partial charge in [-0.3, -0.25) is 19.5 Å². The highest BCUT2D eigenvalue weighted by Crippen LogP contribution is 2.36. The van der Waals surface area contributed by atoms with E-state index >= 15 is 0 Å². The maximum atomic E-state index is 14.6. The van der Waals surface area contributed by atoms with Crippen molar-refractivity contribution in [1.29, 1.82) is 0 Å². The quantitative estimate of drug-likeness (QED) is 0.576. The molecule has 1 saturated heterocycles. The molecule has 0 radical (unpaired) electrons. The van der Waals surface area contributed by atoms with Crippen molar-refractivity contribution in [2.45, 2.75) is 23.5 Å². The number of carbonyl (C=O) groups is 2. The third kappa shape index (κ3) is 3.51. The van der Waals surface area contributed by atoms with E-state index in [9.17, 15) is 18.8 Å². The van der Waals surface area contributed by atoms with Crippen LogP contribution in [0.1, 0.15) is 11.5 Å². The van der Waals surface area contributed by atoms with E-state index in [1.807, 2.05) is 12.1 Å². The number of carbonyl (C=O) groups excluding carboxylic acids is 2. The summed E-state index contributed by atoms with van der Waals surface area (Å²) in [6.07, 6.45) is 0.352. The number of ether oxygens (including phenoxy) is 1. The largest absolute Gasteiger partial charge is 0.443 e. The minimum atomic E-state index is -0.455. The van der Waals surface area contributed by atoms with E-state index in [1.165, 1.54) is 28.9 Å². The molecule has 174 valence electrons. The Labute approximate surface area is 197 Å². The first kappa shape index (κ1) is 21.1. The number of nitrogens with zero attached hydrogens (tertiary/aromatic N) is 3. The highest BCUT2D eigenvalue weighted by molar-refractivity contribution is 8.00. The number of anilines is 2. The van der Waals surface area contributed by atoms with Gasteiger partial charge in [-0.15, -0.1) is 11.8 Å². The zero-order valence-corrected chi connectivity index (χ0v) is 18.7. The van der Waals surface area contributed by atoms with Crippen LogP contribution in [0.5, 0.6) is 0 Å². The van der Waals surface area contributed by atoms with Gasteiger partial charge in [-0.1, -0.05) is 0 Å². The van der Waals surface area contributed by atoms with E-state index in [2.05, 4.69) is 15.6 Å². The number of nitrogens with one attached hydrogen (secondary N) is 2. The Hall–Kier alpha value is -3.44. The Morgan fingerprint density at radius 3 is 2.94 bits per heavy atom. The molecular weight excluding hydrogens is 461 g/mol. The van der Waals surface area contributed by atoms with Gasteiger partial charge in [0.25, 0.3) is 5.56 Å². The first-order chi connectivity index (χ1) is 16.5. The second-order valence-electron chi connectivity index (χ2n) is 8.52. The molecule has 2 aromatic heterocycles. The second-order valence-corrected chi connectivity index (χ2v) is 9.54. The molecule has 2 atom stereocenters. The van der Waals surface area contributed by atoms with Gasteiger partial charge in [0.15, 0.2) is 0 Å². The number of cyclic esters (lactones) is 1. The molecule has 9 nitrogen and oxygen atoms in total. The molecule has 2 N–H and O–H groups in total. The van der Waals surface area contributed by atoms with Crippen LogP contribution in [0.4, 0.5) is 20.6 Å². The van der Waals surface area contributed by atoms with E-state index in [-0.39, 0.29) is 23.5 Å². The van der Waals surface area contributed by atoms with Gasteiger partial charge in [-0.05, 0) is 24.3 Å². The smallest absolute Gasteiger partial charge is 0.414 e. The predicted octanol–water partition coefficient (Wildman–Crippen LogP) is 2.29. The summed E-state index contributed by atoms with van der Waals surface area (Å²) in [5, 5.41) is 6.10. The van der Waals surface area contributed by atoms with Gasteiger partial charge < -0.3 is 19.9 Å². The van der Waals surface area contributed by atoms with Crippen LogP contribution in [0.3, 0.4) is 0 Å². The van der Waals surface area contributed by atoms with E-state index in [4.69, 9.17) is 4.74 Å². The summed E-state index contributed by atoms with van der Waals surface area (Å²) < 4.78 is 21.7. The minimum absolute atomic E-state index is 0.0695. The Bertz CT molecular complexity index is 1410. The number of rotatable bonds is 5. The molecule has 1 fully saturated rings. The zero-order chi connectivity index (χ0) is 23.4. The van der Waals surface area contributed by atoms with Crippen LogP contribution in [0.15, 0.2) is 46.2 Å². The molecule has 0 saturated carbocycles. The minimum Gasteiger partial charge on any atom is -0.443 e. The number of amides is 2. The molecule has 3 aliphatic rings. The predicted molar refractivity (Wildman–Crippen MR) is 125 cm³/mol. The molecule has 0 spiro atoms. The fraction of sp³-hybridized carbons (Fsp3) is 0.304. The van der Waals surface area contributed by atoms with Crippen molar-refractivity contribution >= 4 is 46.2 Å². The van der Waals surface area contributed by atoms with Gasteiger partial charge in [-0.25, -0.2) is 9.18 Å². The van der Waals surface area contributed by atoms with Crippen LogP contribution < -0.4 is 21.1 Å². The number of fused-ring (bicyclic) bond motifs is 1. The lowest BCUT2D eigenvalue weighted by Gasteiger charge is -2.20. The van der Waals surface area contributed by atoms with Crippen molar-refractivity contribution in [3.05, 3.63) is 58.3 Å². The van der Waals surface area contributed by atoms with Crippen LogP contribution in [-0.2, 0) is 16.1 Å². The van der Waals surface area contributed by atoms with E-state index in [0.717, 1.165) is 4.90 Å². The Kier molecular flexibility index (Phi) is 5.03. The Morgan fingerprint density at radius 2 is 2.06 bits per heavy atom. The molecule has 2 amide bonds. The van der Waals surface area contributed by atoms with Gasteiger partial charge in [0, 0.05) is 47.8 Å². The number of hydrogen-bond acceptors (Lipinski definition) is 7. The normalized spacial score (nSPS) is 21.0. The van der Waals surface area contributed by atoms with Gasteiger partial charge in [0.05, 0.1) is 35.2 Å². The molecule has 5 heterocycles. The number of benzene rings is 1. The highest BCUT2D eigenvalue weighted by atomic mass is 32.2. The van der Waals surface area contributed by atoms with E-state index < -0.39 is 11.9 Å². The first-order valence-electron chi connectivity index (χ1n) is 10.9. The highest BCUT2D eigenvalue weighted by Gasteiger charge is 2.34. The fourth-order valence-electron chi connectivity index (χ4n) is 4.81. The van der Waals surface area contributed by atoms with Crippen molar-refractivity contribution in [3.63, 3.8) is 0 Å². The summed E-state index contributed by atoms with van der Waals surface area (Å²) >= 11 is 1.46. The van der Waals surface area contributed by atoms with Crippen LogP contribution in [-0.4, -0.2) is 53.0 Å². The number of pyridine rings is 2. The molecule has 0 bridgehead atoms. The van der Waals surface area contributed by atoms with Crippen LogP contribution in [0, 0.1) is 5.82 Å². The second kappa shape index (κ2) is 8.10. The summed E-state index contributed by atoms with van der Waals surface area (Å²) in [5.41, 5.74) is 2.81. The molecular formula is C23H20FN5O4S. The Morgan fingerprint density at radius 1 is 1.18 bits per heavy atom. The maximum Gasteiger partial charge on any atom is 0.414 e. The summed E-state index contributed by atoms with van der Waals surface area (Å²) in [4.78, 5) is 43.0. The van der Waals surface area contributed by atoms with E-state index in [1.54, 1.807) is 16.7 Å². The van der Waals surface area contributed by atoms with Crippen molar-refractivity contribution in [3.8, 4) is 0 Å². The summed E-state index contributed by atoms with van der Waals surface area (Å²) in [6, 6.07) is 8.57. The topological polar surface area (TPSA) is 106 Å². The molecule has 3 aliphatic heterocycles. The average molecular weight is 482 g/mol. The molecule has 11 heteroatoms. The number of thioether (sulfide) groups is 1. The van der Waals surface area contributed by atoms with Gasteiger partial charge in [0.1, 0.15) is 11.9 Å². The van der Waals surface area contributed by atoms with Crippen LogP contribution in [0.2, 0.25) is 0 Å². The fourth-order valence-corrected chi connectivity index (χ4v) is 5.60. The molecule has 34 heavy (non-hydrogen) atoms. The number of aromatic nitrogens is 2. The lowest BCUT2D eigenvalue weighted by molar-refractivity contribution is -0.113. The van der Waals surface area contributed by atoms with Gasteiger partial charge in [-0.2, -0.15) is 0 Å². The van der Waals surface area contributed by atoms with Crippen molar-refractivity contribution in [1.82, 2.24) is 14.9 Å². The van der Waals surface area contributed by atoms with Crippen LogP contribution >= 0.6 is 11.8 Å². The van der Waals surface area contributed by atoms with Gasteiger partial charge >= 0.3 is 6.09 Å². The monoisotopic (exact) mass is 481 g/mol. The molecule has 0 unspecified atom stereocenters. The van der Waals surface area contributed by atoms with Gasteiger partial charge in [0.2, 0.25) is 5.91 Å². The van der Waals surface area contributed by atoms with E-state index in [0.29, 0.717) is 59.9 Å². The molecule has 3 aromatic rings. The summed E-state index contributed by atoms with van der Waals surface area (Å²) in [7, 11) is 0. The average Bonchev–Trinajstić information content (AvgIpc) is 3.39. The molecule has 0 aliphatic carbocycles. The van der Waals surface area contributed by atoms with Crippen molar-refractivity contribution < 1.29 is 18.7 Å². The van der Waals surface area contributed by atoms with Crippen molar-refractivity contribution in [2.24, 2.45) is 0 Å². The third-order valence-electron chi connectivity index (χ3n) is 6.35. The SMILES string of the molecule is O=C1CSc2ccc(N3C[C@@H](CNC[C@H]4Cn5c(=O)ccc6ncc(F)c4c65)OC3=O)cc2N1. The summed E-state index contributed by atoms with van der Waals surface area (Å²) in [5.74, 6) is -0.343. The molecule has 1 aromatic carbocycles. The summed E-state index contributed by atoms with van der Waals surface area (Å²) in [6.45, 7) is 1.53. The lowest BCUT2D eigenvalue weighted by atomic mass is 10.0. The third-order valence-corrected chi connectivity index (χ3v) is 7.42. The number of halogens is 1. The zero-order valence-electron chi connectivity index (χ0n) is 17.9.